The quantitative estimate of drug-likeness (QED) is 0.425. The standard InChI is InChI=1S/C24H24Cl2N4OS.CH2O2/c1-31-22-19(32-18-8-4-7-17(25)20(18)26)14-28-23(29-22)30-11-9-24(10-12-30)13-15-5-2-3-6-16(15)21(24)27;2-1-3/h2-8,14,21H,9-13,27H2,1H3;1H,(H,2,3)/t21-;/m1./s1. The van der Waals surface area contributed by atoms with Gasteiger partial charge in [-0.25, -0.2) is 4.98 Å². The largest absolute Gasteiger partial charge is 0.483 e. The molecule has 0 radical (unpaired) electrons. The highest BCUT2D eigenvalue weighted by Crippen LogP contribution is 2.51. The average molecular weight is 533 g/mol. The zero-order valence-corrected chi connectivity index (χ0v) is 21.5. The summed E-state index contributed by atoms with van der Waals surface area (Å²) in [7, 11) is 1.62. The van der Waals surface area contributed by atoms with Crippen molar-refractivity contribution in [3.05, 3.63) is 69.8 Å². The number of benzene rings is 2. The van der Waals surface area contributed by atoms with E-state index < -0.39 is 0 Å². The molecule has 10 heteroatoms. The number of anilines is 1. The van der Waals surface area contributed by atoms with E-state index in [1.54, 1.807) is 19.4 Å². The molecule has 1 aromatic heterocycles. The molecule has 0 amide bonds. The lowest BCUT2D eigenvalue weighted by Crippen LogP contribution is -2.44. The Bertz CT molecular complexity index is 1210. The summed E-state index contributed by atoms with van der Waals surface area (Å²) in [5.41, 5.74) is 9.54. The summed E-state index contributed by atoms with van der Waals surface area (Å²) in [4.78, 5) is 21.6. The molecule has 1 spiro atoms. The summed E-state index contributed by atoms with van der Waals surface area (Å²) in [5.74, 6) is 1.21. The van der Waals surface area contributed by atoms with Gasteiger partial charge in [0.25, 0.3) is 6.47 Å². The van der Waals surface area contributed by atoms with Crippen LogP contribution in [0.2, 0.25) is 10.0 Å². The molecule has 3 aromatic rings. The smallest absolute Gasteiger partial charge is 0.290 e. The van der Waals surface area contributed by atoms with Gasteiger partial charge in [0.1, 0.15) is 0 Å². The Morgan fingerprint density at radius 2 is 1.89 bits per heavy atom. The van der Waals surface area contributed by atoms with Gasteiger partial charge in [-0.05, 0) is 47.9 Å². The van der Waals surface area contributed by atoms with Gasteiger partial charge >= 0.3 is 0 Å². The average Bonchev–Trinajstić information content (AvgIpc) is 3.14. The number of rotatable bonds is 4. The van der Waals surface area contributed by atoms with Crippen molar-refractivity contribution in [1.29, 1.82) is 0 Å². The molecular weight excluding hydrogens is 507 g/mol. The van der Waals surface area contributed by atoms with Crippen LogP contribution in [0, 0.1) is 5.41 Å². The lowest BCUT2D eigenvalue weighted by atomic mass is 9.73. The van der Waals surface area contributed by atoms with Gasteiger partial charge in [-0.1, -0.05) is 65.3 Å². The minimum Gasteiger partial charge on any atom is -0.483 e. The zero-order chi connectivity index (χ0) is 25.0. The van der Waals surface area contributed by atoms with Gasteiger partial charge in [-0.2, -0.15) is 4.98 Å². The van der Waals surface area contributed by atoms with Gasteiger partial charge in [0.2, 0.25) is 11.8 Å². The Balaban J connectivity index is 0.000000917. The number of halogens is 2. The molecule has 0 unspecified atom stereocenters. The van der Waals surface area contributed by atoms with Crippen LogP contribution in [0.5, 0.6) is 5.88 Å². The number of methoxy groups -OCH3 is 1. The minimum absolute atomic E-state index is 0.0949. The molecule has 1 fully saturated rings. The van der Waals surface area contributed by atoms with E-state index in [-0.39, 0.29) is 17.9 Å². The molecule has 2 aliphatic rings. The summed E-state index contributed by atoms with van der Waals surface area (Å²) >= 11 is 13.9. The highest BCUT2D eigenvalue weighted by Gasteiger charge is 2.46. The van der Waals surface area contributed by atoms with E-state index in [9.17, 15) is 0 Å². The maximum Gasteiger partial charge on any atom is 0.290 e. The molecule has 0 saturated carbocycles. The summed E-state index contributed by atoms with van der Waals surface area (Å²) in [6.45, 7) is 1.49. The van der Waals surface area contributed by atoms with Crippen molar-refractivity contribution in [3.8, 4) is 5.88 Å². The van der Waals surface area contributed by atoms with Gasteiger partial charge in [-0.15, -0.1) is 0 Å². The molecule has 1 aliphatic carbocycles. The van der Waals surface area contributed by atoms with E-state index in [0.717, 1.165) is 42.1 Å². The molecule has 3 N–H and O–H groups in total. The topological polar surface area (TPSA) is 102 Å². The van der Waals surface area contributed by atoms with Crippen LogP contribution in [-0.4, -0.2) is 41.7 Å². The van der Waals surface area contributed by atoms with Crippen molar-refractivity contribution in [3.63, 3.8) is 0 Å². The van der Waals surface area contributed by atoms with Crippen LogP contribution in [-0.2, 0) is 11.2 Å². The number of nitrogens with zero attached hydrogens (tertiary/aromatic N) is 3. The van der Waals surface area contributed by atoms with Crippen molar-refractivity contribution < 1.29 is 14.6 Å². The van der Waals surface area contributed by atoms with Gasteiger partial charge in [-0.3, -0.25) is 4.79 Å². The molecule has 5 rings (SSSR count). The predicted molar refractivity (Wildman–Crippen MR) is 139 cm³/mol. The van der Waals surface area contributed by atoms with Crippen molar-refractivity contribution in [2.45, 2.75) is 35.1 Å². The van der Waals surface area contributed by atoms with E-state index in [2.05, 4.69) is 34.1 Å². The normalized spacial score (nSPS) is 17.9. The van der Waals surface area contributed by atoms with Crippen molar-refractivity contribution >= 4 is 47.4 Å². The predicted octanol–water partition coefficient (Wildman–Crippen LogP) is 5.49. The molecule has 2 aromatic carbocycles. The molecule has 0 bridgehead atoms. The number of aromatic nitrogens is 2. The number of carboxylic acid groups (broad SMARTS) is 1. The third-order valence-electron chi connectivity index (χ3n) is 6.67. The van der Waals surface area contributed by atoms with Crippen LogP contribution >= 0.6 is 35.0 Å². The number of nitrogens with two attached hydrogens (primary N) is 1. The van der Waals surface area contributed by atoms with Gasteiger partial charge in [0.15, 0.2) is 0 Å². The van der Waals surface area contributed by atoms with Crippen molar-refractivity contribution in [1.82, 2.24) is 9.97 Å². The zero-order valence-electron chi connectivity index (χ0n) is 19.2. The number of hydrogen-bond acceptors (Lipinski definition) is 7. The van der Waals surface area contributed by atoms with Crippen LogP contribution in [0.15, 0.2) is 58.5 Å². The summed E-state index contributed by atoms with van der Waals surface area (Å²) in [5, 5.41) is 7.92. The van der Waals surface area contributed by atoms with Crippen molar-refractivity contribution in [2.24, 2.45) is 11.1 Å². The Kier molecular flexibility index (Phi) is 8.06. The summed E-state index contributed by atoms with van der Waals surface area (Å²) in [6.07, 6.45) is 4.88. The SMILES string of the molecule is COc1nc(N2CCC3(CC2)Cc2ccccc2[C@H]3N)ncc1Sc1cccc(Cl)c1Cl.O=CO. The molecule has 1 atom stereocenters. The second kappa shape index (κ2) is 11.0. The number of carbonyl (C=O) groups is 1. The lowest BCUT2D eigenvalue weighted by Gasteiger charge is -2.42. The molecule has 2 heterocycles. The Morgan fingerprint density at radius 3 is 2.57 bits per heavy atom. The second-order valence-electron chi connectivity index (χ2n) is 8.51. The molecule has 7 nitrogen and oxygen atoms in total. The summed E-state index contributed by atoms with van der Waals surface area (Å²) in [6, 6.07) is 14.2. The summed E-state index contributed by atoms with van der Waals surface area (Å²) < 4.78 is 5.58. The highest BCUT2D eigenvalue weighted by atomic mass is 35.5. The molecular formula is C25H26Cl2N4O3S. The number of piperidine rings is 1. The van der Waals surface area contributed by atoms with E-state index in [1.165, 1.54) is 22.9 Å². The first-order valence-corrected chi connectivity index (χ1v) is 12.7. The third-order valence-corrected chi connectivity index (χ3v) is 8.66. The first-order chi connectivity index (χ1) is 16.9. The van der Waals surface area contributed by atoms with E-state index >= 15 is 0 Å². The Morgan fingerprint density at radius 1 is 1.17 bits per heavy atom. The van der Waals surface area contributed by atoms with Crippen LogP contribution in [0.25, 0.3) is 0 Å². The first-order valence-electron chi connectivity index (χ1n) is 11.1. The monoisotopic (exact) mass is 532 g/mol. The maximum absolute atomic E-state index is 8.36. The first kappa shape index (κ1) is 25.6. The highest BCUT2D eigenvalue weighted by molar-refractivity contribution is 7.99. The Labute approximate surface area is 218 Å². The molecule has 184 valence electrons. The second-order valence-corrected chi connectivity index (χ2v) is 10.4. The van der Waals surface area contributed by atoms with Gasteiger partial charge in [0.05, 0.1) is 28.2 Å². The molecule has 1 aliphatic heterocycles. The van der Waals surface area contributed by atoms with Gasteiger partial charge < -0.3 is 20.5 Å². The van der Waals surface area contributed by atoms with Crippen LogP contribution in [0.4, 0.5) is 5.95 Å². The fourth-order valence-electron chi connectivity index (χ4n) is 4.85. The third kappa shape index (κ3) is 5.21. The van der Waals surface area contributed by atoms with E-state index in [0.29, 0.717) is 21.9 Å². The van der Waals surface area contributed by atoms with E-state index in [1.807, 2.05) is 12.1 Å². The Hall–Kier alpha value is -2.52. The van der Waals surface area contributed by atoms with E-state index in [4.69, 9.17) is 48.6 Å². The van der Waals surface area contributed by atoms with Crippen LogP contribution < -0.4 is 15.4 Å². The molecule has 35 heavy (non-hydrogen) atoms. The minimum atomic E-state index is -0.250. The molecule has 1 saturated heterocycles. The lowest BCUT2D eigenvalue weighted by molar-refractivity contribution is -0.122. The van der Waals surface area contributed by atoms with Crippen LogP contribution in [0.3, 0.4) is 0 Å². The van der Waals surface area contributed by atoms with Crippen molar-refractivity contribution in [2.75, 3.05) is 25.1 Å². The maximum atomic E-state index is 8.36. The fourth-order valence-corrected chi connectivity index (χ4v) is 6.23. The fraction of sp³-hybridized carbons (Fsp3) is 0.320. The number of fused-ring (bicyclic) bond motifs is 1. The number of hydrogen-bond donors (Lipinski definition) is 2. The van der Waals surface area contributed by atoms with Gasteiger partial charge in [0, 0.05) is 24.0 Å². The number of ether oxygens (including phenoxy) is 1. The van der Waals surface area contributed by atoms with Crippen LogP contribution in [0.1, 0.15) is 30.0 Å².